The second kappa shape index (κ2) is 5.14. The van der Waals surface area contributed by atoms with Crippen LogP contribution in [0.1, 0.15) is 12.2 Å². The molecule has 0 bridgehead atoms. The molecule has 88 valence electrons. The molecule has 0 saturated heterocycles. The van der Waals surface area contributed by atoms with E-state index in [0.717, 1.165) is 15.6 Å². The van der Waals surface area contributed by atoms with E-state index in [1.54, 1.807) is 6.20 Å². The van der Waals surface area contributed by atoms with Crippen LogP contribution in [-0.4, -0.2) is 16.2 Å². The van der Waals surface area contributed by atoms with Gasteiger partial charge in [0.2, 0.25) is 0 Å². The molecule has 0 unspecified atom stereocenters. The van der Waals surface area contributed by atoms with Crippen LogP contribution in [0.25, 0.3) is 11.1 Å². The Morgan fingerprint density at radius 1 is 1.35 bits per heavy atom. The lowest BCUT2D eigenvalue weighted by Crippen LogP contribution is -1.97. The van der Waals surface area contributed by atoms with Gasteiger partial charge < -0.3 is 9.63 Å². The molecular weight excluding hydrogens is 286 g/mol. The molecule has 4 nitrogen and oxygen atoms in total. The zero-order valence-corrected chi connectivity index (χ0v) is 10.5. The van der Waals surface area contributed by atoms with E-state index in [1.165, 1.54) is 0 Å². The van der Waals surface area contributed by atoms with Gasteiger partial charge in [-0.2, -0.15) is 0 Å². The number of aromatic nitrogens is 1. The van der Waals surface area contributed by atoms with Gasteiger partial charge in [-0.1, -0.05) is 33.2 Å². The first kappa shape index (κ1) is 11.9. The number of rotatable bonds is 4. The van der Waals surface area contributed by atoms with Gasteiger partial charge in [0.1, 0.15) is 5.76 Å². The SMILES string of the molecule is O=C(O)CCc1oncc1-c1ccc(Br)cc1. The van der Waals surface area contributed by atoms with E-state index in [-0.39, 0.29) is 6.42 Å². The molecule has 0 aliphatic rings. The van der Waals surface area contributed by atoms with Crippen LogP contribution in [-0.2, 0) is 11.2 Å². The van der Waals surface area contributed by atoms with Crippen LogP contribution < -0.4 is 0 Å². The lowest BCUT2D eigenvalue weighted by Gasteiger charge is -2.00. The van der Waals surface area contributed by atoms with Crippen LogP contribution in [0.4, 0.5) is 0 Å². The molecule has 1 N–H and O–H groups in total. The highest BCUT2D eigenvalue weighted by Gasteiger charge is 2.11. The Bertz CT molecular complexity index is 519. The number of hydrogen-bond donors (Lipinski definition) is 1. The smallest absolute Gasteiger partial charge is 0.303 e. The van der Waals surface area contributed by atoms with Gasteiger partial charge in [0.05, 0.1) is 12.6 Å². The Hall–Kier alpha value is -1.62. The van der Waals surface area contributed by atoms with Gasteiger partial charge in [0.25, 0.3) is 0 Å². The van der Waals surface area contributed by atoms with Crippen LogP contribution >= 0.6 is 15.9 Å². The highest BCUT2D eigenvalue weighted by molar-refractivity contribution is 9.10. The Labute approximate surface area is 106 Å². The molecule has 0 saturated carbocycles. The predicted molar refractivity (Wildman–Crippen MR) is 65.6 cm³/mol. The first-order valence-electron chi connectivity index (χ1n) is 5.08. The molecule has 2 rings (SSSR count). The fourth-order valence-corrected chi connectivity index (χ4v) is 1.79. The second-order valence-corrected chi connectivity index (χ2v) is 4.48. The van der Waals surface area contributed by atoms with E-state index in [1.807, 2.05) is 24.3 Å². The molecule has 17 heavy (non-hydrogen) atoms. The van der Waals surface area contributed by atoms with Gasteiger partial charge in [-0.05, 0) is 17.7 Å². The molecular formula is C12H10BrNO3. The fourth-order valence-electron chi connectivity index (χ4n) is 1.53. The minimum Gasteiger partial charge on any atom is -0.481 e. The summed E-state index contributed by atoms with van der Waals surface area (Å²) in [7, 11) is 0. The molecule has 1 aromatic carbocycles. The van der Waals surface area contributed by atoms with Crippen LogP contribution in [0, 0.1) is 0 Å². The van der Waals surface area contributed by atoms with Crippen molar-refractivity contribution in [1.29, 1.82) is 0 Å². The number of hydrogen-bond acceptors (Lipinski definition) is 3. The van der Waals surface area contributed by atoms with E-state index < -0.39 is 5.97 Å². The monoisotopic (exact) mass is 295 g/mol. The Morgan fingerprint density at radius 2 is 2.06 bits per heavy atom. The second-order valence-electron chi connectivity index (χ2n) is 3.56. The van der Waals surface area contributed by atoms with Crippen molar-refractivity contribution < 1.29 is 14.4 Å². The van der Waals surface area contributed by atoms with Gasteiger partial charge in [0, 0.05) is 16.5 Å². The number of aliphatic carboxylic acids is 1. The summed E-state index contributed by atoms with van der Waals surface area (Å²) in [6.45, 7) is 0. The van der Waals surface area contributed by atoms with E-state index >= 15 is 0 Å². The standard InChI is InChI=1S/C12H10BrNO3/c13-9-3-1-8(2-4-9)10-7-14-17-11(10)5-6-12(15)16/h1-4,7H,5-6H2,(H,15,16). The number of nitrogens with zero attached hydrogens (tertiary/aromatic N) is 1. The fraction of sp³-hybridized carbons (Fsp3) is 0.167. The number of benzene rings is 1. The van der Waals surface area contributed by atoms with Crippen molar-refractivity contribution in [2.24, 2.45) is 0 Å². The molecule has 1 heterocycles. The third-order valence-corrected chi connectivity index (χ3v) is 2.89. The minimum absolute atomic E-state index is 0.0404. The number of aryl methyl sites for hydroxylation is 1. The minimum atomic E-state index is -0.844. The van der Waals surface area contributed by atoms with Crippen molar-refractivity contribution in [1.82, 2.24) is 5.16 Å². The van der Waals surface area contributed by atoms with E-state index in [2.05, 4.69) is 21.1 Å². The third kappa shape index (κ3) is 2.94. The Kier molecular flexibility index (Phi) is 3.58. The average Bonchev–Trinajstić information content (AvgIpc) is 2.75. The van der Waals surface area contributed by atoms with Crippen LogP contribution in [0.3, 0.4) is 0 Å². The van der Waals surface area contributed by atoms with Crippen molar-refractivity contribution in [3.63, 3.8) is 0 Å². The largest absolute Gasteiger partial charge is 0.481 e. The summed E-state index contributed by atoms with van der Waals surface area (Å²) < 4.78 is 6.07. The highest BCUT2D eigenvalue weighted by Crippen LogP contribution is 2.25. The average molecular weight is 296 g/mol. The molecule has 0 aliphatic carbocycles. The molecule has 1 aromatic heterocycles. The van der Waals surface area contributed by atoms with Crippen molar-refractivity contribution in [3.05, 3.63) is 40.7 Å². The Morgan fingerprint density at radius 3 is 2.71 bits per heavy atom. The number of carboxylic acid groups (broad SMARTS) is 1. The zero-order chi connectivity index (χ0) is 12.3. The van der Waals surface area contributed by atoms with Crippen molar-refractivity contribution in [3.8, 4) is 11.1 Å². The van der Waals surface area contributed by atoms with Crippen LogP contribution in [0.2, 0.25) is 0 Å². The van der Waals surface area contributed by atoms with Gasteiger partial charge in [-0.3, -0.25) is 4.79 Å². The van der Waals surface area contributed by atoms with Gasteiger partial charge >= 0.3 is 5.97 Å². The molecule has 0 spiro atoms. The van der Waals surface area contributed by atoms with Crippen LogP contribution in [0.5, 0.6) is 0 Å². The van der Waals surface area contributed by atoms with E-state index in [0.29, 0.717) is 12.2 Å². The summed E-state index contributed by atoms with van der Waals surface area (Å²) in [5.74, 6) is -0.238. The molecule has 0 atom stereocenters. The maximum absolute atomic E-state index is 10.5. The third-order valence-electron chi connectivity index (χ3n) is 2.37. The topological polar surface area (TPSA) is 63.3 Å². The molecule has 0 aliphatic heterocycles. The first-order chi connectivity index (χ1) is 8.16. The van der Waals surface area contributed by atoms with Crippen molar-refractivity contribution >= 4 is 21.9 Å². The maximum Gasteiger partial charge on any atom is 0.303 e. The van der Waals surface area contributed by atoms with Gasteiger partial charge in [0.15, 0.2) is 0 Å². The lowest BCUT2D eigenvalue weighted by atomic mass is 10.0. The summed E-state index contributed by atoms with van der Waals surface area (Å²) >= 11 is 3.36. The molecule has 0 fully saturated rings. The summed E-state index contributed by atoms with van der Waals surface area (Å²) in [4.78, 5) is 10.5. The summed E-state index contributed by atoms with van der Waals surface area (Å²) in [6.07, 6.45) is 2.00. The van der Waals surface area contributed by atoms with E-state index in [9.17, 15) is 4.79 Å². The summed E-state index contributed by atoms with van der Waals surface area (Å²) in [6, 6.07) is 7.70. The molecule has 5 heteroatoms. The summed E-state index contributed by atoms with van der Waals surface area (Å²) in [5.41, 5.74) is 1.81. The maximum atomic E-state index is 10.5. The Balaban J connectivity index is 2.24. The van der Waals surface area contributed by atoms with Gasteiger partial charge in [-0.25, -0.2) is 0 Å². The van der Waals surface area contributed by atoms with Crippen molar-refractivity contribution in [2.45, 2.75) is 12.8 Å². The highest BCUT2D eigenvalue weighted by atomic mass is 79.9. The first-order valence-corrected chi connectivity index (χ1v) is 5.87. The summed E-state index contributed by atoms with van der Waals surface area (Å²) in [5, 5.41) is 12.4. The lowest BCUT2D eigenvalue weighted by molar-refractivity contribution is -0.137. The van der Waals surface area contributed by atoms with Crippen LogP contribution in [0.15, 0.2) is 39.5 Å². The predicted octanol–water partition coefficient (Wildman–Crippen LogP) is 3.12. The van der Waals surface area contributed by atoms with Crippen molar-refractivity contribution in [2.75, 3.05) is 0 Å². The van der Waals surface area contributed by atoms with E-state index in [4.69, 9.17) is 9.63 Å². The number of carboxylic acids is 1. The van der Waals surface area contributed by atoms with Gasteiger partial charge in [-0.15, -0.1) is 0 Å². The molecule has 2 aromatic rings. The number of halogens is 1. The normalized spacial score (nSPS) is 10.4. The number of carbonyl (C=O) groups is 1. The molecule has 0 radical (unpaired) electrons. The molecule has 0 amide bonds. The quantitative estimate of drug-likeness (QED) is 0.941. The zero-order valence-electron chi connectivity index (χ0n) is 8.89.